The van der Waals surface area contributed by atoms with Gasteiger partial charge >= 0.3 is 0 Å². The summed E-state index contributed by atoms with van der Waals surface area (Å²) in [4.78, 5) is 8.92. The molecule has 0 saturated carbocycles. The van der Waals surface area contributed by atoms with Gasteiger partial charge < -0.3 is 0 Å². The maximum absolute atomic E-state index is 4.82. The summed E-state index contributed by atoms with van der Waals surface area (Å²) >= 11 is 3.47. The average Bonchev–Trinajstić information content (AvgIpc) is 2.82. The molecule has 0 fully saturated rings. The monoisotopic (exact) mass is 390 g/mol. The number of nitrogens with zero attached hydrogens (tertiary/aromatic N) is 3. The van der Waals surface area contributed by atoms with Crippen LogP contribution in [0.2, 0.25) is 0 Å². The van der Waals surface area contributed by atoms with Crippen LogP contribution in [0.15, 0.2) is 81.6 Å². The second kappa shape index (κ2) is 6.61. The van der Waals surface area contributed by atoms with E-state index in [1.165, 1.54) is 5.56 Å². The predicted molar refractivity (Wildman–Crippen MR) is 105 cm³/mol. The Balaban J connectivity index is 1.87. The zero-order valence-corrected chi connectivity index (χ0v) is 15.2. The van der Waals surface area contributed by atoms with Crippen molar-refractivity contribution in [2.24, 2.45) is 10.1 Å². The Morgan fingerprint density at radius 2 is 1.64 bits per heavy atom. The molecule has 0 aliphatic carbocycles. The normalized spacial score (nSPS) is 13.2. The Morgan fingerprint density at radius 3 is 2.40 bits per heavy atom. The topological polar surface area (TPSA) is 49.6 Å². The van der Waals surface area contributed by atoms with Crippen LogP contribution in [0, 0.1) is 6.92 Å². The molecule has 4 nitrogen and oxygen atoms in total. The fourth-order valence-electron chi connectivity index (χ4n) is 2.72. The first-order valence-corrected chi connectivity index (χ1v) is 8.70. The molecule has 25 heavy (non-hydrogen) atoms. The molecule has 0 unspecified atom stereocenters. The van der Waals surface area contributed by atoms with Gasteiger partial charge in [0.1, 0.15) is 5.71 Å². The summed E-state index contributed by atoms with van der Waals surface area (Å²) in [6.07, 6.45) is 3.55. The first-order valence-electron chi connectivity index (χ1n) is 7.90. The Hall–Kier alpha value is -2.79. The molecule has 0 spiro atoms. The van der Waals surface area contributed by atoms with E-state index in [4.69, 9.17) is 4.99 Å². The van der Waals surface area contributed by atoms with Crippen molar-refractivity contribution in [3.05, 3.63) is 93.7 Å². The third-order valence-corrected chi connectivity index (χ3v) is 4.51. The lowest BCUT2D eigenvalue weighted by Crippen LogP contribution is -2.19. The van der Waals surface area contributed by atoms with Gasteiger partial charge in [0.25, 0.3) is 0 Å². The van der Waals surface area contributed by atoms with Gasteiger partial charge in [-0.1, -0.05) is 39.7 Å². The number of benzene rings is 2. The van der Waals surface area contributed by atoms with Crippen molar-refractivity contribution in [3.63, 3.8) is 0 Å². The van der Waals surface area contributed by atoms with E-state index in [0.717, 1.165) is 38.4 Å². The van der Waals surface area contributed by atoms with Crippen molar-refractivity contribution in [1.29, 1.82) is 0 Å². The van der Waals surface area contributed by atoms with Crippen molar-refractivity contribution in [2.75, 3.05) is 0 Å². The smallest absolute Gasteiger partial charge is 0.154 e. The molecule has 1 aliphatic rings. The zero-order chi connectivity index (χ0) is 17.2. The number of halogens is 1. The highest BCUT2D eigenvalue weighted by Crippen LogP contribution is 2.27. The van der Waals surface area contributed by atoms with Crippen LogP contribution < -0.4 is 5.43 Å². The van der Waals surface area contributed by atoms with E-state index < -0.39 is 0 Å². The largest absolute Gasteiger partial charge is 0.265 e. The molecular weight excluding hydrogens is 376 g/mol. The van der Waals surface area contributed by atoms with Gasteiger partial charge in [-0.2, -0.15) is 5.10 Å². The molecular formula is C20H15BrN4. The molecule has 0 saturated heterocycles. The van der Waals surface area contributed by atoms with Crippen molar-refractivity contribution in [3.8, 4) is 0 Å². The van der Waals surface area contributed by atoms with Crippen molar-refractivity contribution in [2.45, 2.75) is 6.92 Å². The van der Waals surface area contributed by atoms with Crippen molar-refractivity contribution >= 4 is 33.2 Å². The lowest BCUT2D eigenvalue weighted by atomic mass is 10.00. The maximum atomic E-state index is 4.82. The summed E-state index contributed by atoms with van der Waals surface area (Å²) in [5.74, 6) is 0.724. The number of hydrogen-bond donors (Lipinski definition) is 1. The van der Waals surface area contributed by atoms with Gasteiger partial charge in [-0.3, -0.25) is 10.4 Å². The van der Waals surface area contributed by atoms with E-state index in [1.54, 1.807) is 12.4 Å². The molecule has 2 aromatic carbocycles. The molecule has 4 rings (SSSR count). The lowest BCUT2D eigenvalue weighted by molar-refractivity contribution is 1.03. The molecule has 1 aromatic heterocycles. The summed E-state index contributed by atoms with van der Waals surface area (Å²) in [7, 11) is 0. The predicted octanol–water partition coefficient (Wildman–Crippen LogP) is 4.59. The lowest BCUT2D eigenvalue weighted by Gasteiger charge is -2.08. The molecule has 122 valence electrons. The van der Waals surface area contributed by atoms with Crippen LogP contribution in [0.5, 0.6) is 0 Å². The molecule has 0 bridgehead atoms. The Morgan fingerprint density at radius 1 is 0.880 bits per heavy atom. The highest BCUT2D eigenvalue weighted by atomic mass is 79.9. The fourth-order valence-corrected chi connectivity index (χ4v) is 2.98. The second-order valence-electron chi connectivity index (χ2n) is 5.80. The van der Waals surface area contributed by atoms with Crippen LogP contribution in [0.1, 0.15) is 22.3 Å². The molecule has 0 atom stereocenters. The Kier molecular flexibility index (Phi) is 4.15. The van der Waals surface area contributed by atoms with E-state index in [0.29, 0.717) is 0 Å². The van der Waals surface area contributed by atoms with Gasteiger partial charge in [0.2, 0.25) is 0 Å². The molecule has 1 aliphatic heterocycles. The van der Waals surface area contributed by atoms with Crippen LogP contribution in [0.25, 0.3) is 0 Å². The minimum atomic E-state index is 0.724. The van der Waals surface area contributed by atoms with Gasteiger partial charge in [-0.25, -0.2) is 4.99 Å². The van der Waals surface area contributed by atoms with Gasteiger partial charge in [0.05, 0.1) is 5.69 Å². The first-order chi connectivity index (χ1) is 12.2. The summed E-state index contributed by atoms with van der Waals surface area (Å²) < 4.78 is 1.03. The van der Waals surface area contributed by atoms with Crippen LogP contribution >= 0.6 is 15.9 Å². The molecule has 0 amide bonds. The third kappa shape index (κ3) is 3.23. The number of pyridine rings is 1. The third-order valence-electron chi connectivity index (χ3n) is 3.98. The maximum Gasteiger partial charge on any atom is 0.154 e. The highest BCUT2D eigenvalue weighted by molar-refractivity contribution is 9.10. The number of fused-ring (bicyclic) bond motifs is 1. The summed E-state index contributed by atoms with van der Waals surface area (Å²) in [6.45, 7) is 2.07. The van der Waals surface area contributed by atoms with Gasteiger partial charge in [0, 0.05) is 33.6 Å². The minimum Gasteiger partial charge on any atom is -0.265 e. The fraction of sp³-hybridized carbons (Fsp3) is 0.0500. The van der Waals surface area contributed by atoms with E-state index >= 15 is 0 Å². The van der Waals surface area contributed by atoms with Gasteiger partial charge in [-0.15, -0.1) is 0 Å². The van der Waals surface area contributed by atoms with E-state index in [1.807, 2.05) is 42.5 Å². The number of aromatic nitrogens is 1. The van der Waals surface area contributed by atoms with Crippen molar-refractivity contribution in [1.82, 2.24) is 10.4 Å². The van der Waals surface area contributed by atoms with Gasteiger partial charge in [0.15, 0.2) is 5.84 Å². The number of aliphatic imine (C=N–C) groups is 1. The minimum absolute atomic E-state index is 0.724. The molecule has 3 aromatic rings. The van der Waals surface area contributed by atoms with Gasteiger partial charge in [-0.05, 0) is 43.3 Å². The van der Waals surface area contributed by atoms with Crippen LogP contribution in [-0.4, -0.2) is 16.5 Å². The van der Waals surface area contributed by atoms with E-state index in [2.05, 4.69) is 50.5 Å². The van der Waals surface area contributed by atoms with Crippen LogP contribution in [-0.2, 0) is 0 Å². The zero-order valence-electron chi connectivity index (χ0n) is 13.6. The molecule has 1 N–H and O–H groups in total. The number of hydrogen-bond acceptors (Lipinski definition) is 4. The molecule has 0 radical (unpaired) electrons. The molecule has 2 heterocycles. The van der Waals surface area contributed by atoms with Crippen LogP contribution in [0.3, 0.4) is 0 Å². The van der Waals surface area contributed by atoms with E-state index in [-0.39, 0.29) is 0 Å². The Labute approximate surface area is 154 Å². The SMILES string of the molecule is Cc1ccc2c(c1)C(c1ccncc1)=NNC(c1ccc(Br)cc1)=N2. The number of hydrazone groups is 1. The molecule has 5 heteroatoms. The standard InChI is InChI=1S/C20H15BrN4/c1-13-2-7-18-17(12-13)19(14-8-10-22-11-9-14)24-25-20(23-18)15-3-5-16(21)6-4-15/h2-12H,1H3,(H,23,25). The number of rotatable bonds is 2. The first kappa shape index (κ1) is 15.7. The Bertz CT molecular complexity index is 976. The summed E-state index contributed by atoms with van der Waals surface area (Å²) in [6, 6.07) is 18.1. The number of aryl methyl sites for hydroxylation is 1. The van der Waals surface area contributed by atoms with E-state index in [9.17, 15) is 0 Å². The highest BCUT2D eigenvalue weighted by Gasteiger charge is 2.17. The summed E-state index contributed by atoms with van der Waals surface area (Å²) in [5.41, 5.74) is 9.04. The number of nitrogens with one attached hydrogen (secondary N) is 1. The van der Waals surface area contributed by atoms with Crippen LogP contribution in [0.4, 0.5) is 5.69 Å². The summed E-state index contributed by atoms with van der Waals surface area (Å²) in [5, 5.41) is 4.65. The van der Waals surface area contributed by atoms with Crippen molar-refractivity contribution < 1.29 is 0 Å². The average molecular weight is 391 g/mol. The number of amidine groups is 1. The second-order valence-corrected chi connectivity index (χ2v) is 6.71. The quantitative estimate of drug-likeness (QED) is 0.695.